The second kappa shape index (κ2) is 13.0. The van der Waals surface area contributed by atoms with Crippen molar-refractivity contribution in [2.45, 2.75) is 43.9 Å². The van der Waals surface area contributed by atoms with E-state index >= 15 is 0 Å². The summed E-state index contributed by atoms with van der Waals surface area (Å²) in [5, 5.41) is 3.83. The van der Waals surface area contributed by atoms with Crippen LogP contribution in [0.5, 0.6) is 0 Å². The van der Waals surface area contributed by atoms with Crippen LogP contribution in [0.1, 0.15) is 52.2 Å². The van der Waals surface area contributed by atoms with Gasteiger partial charge in [0.05, 0.1) is 7.11 Å². The van der Waals surface area contributed by atoms with Gasteiger partial charge < -0.3 is 19.5 Å². The first-order valence-electron chi connectivity index (χ1n) is 13.8. The molecule has 3 aromatic carbocycles. The molecule has 2 unspecified atom stereocenters. The second-order valence-electron chi connectivity index (χ2n) is 10.2. The lowest BCUT2D eigenvalue weighted by Gasteiger charge is -2.27. The molecule has 1 N–H and O–H groups in total. The molecule has 0 saturated carbocycles. The van der Waals surface area contributed by atoms with E-state index in [0.717, 1.165) is 47.1 Å². The van der Waals surface area contributed by atoms with Gasteiger partial charge in [-0.3, -0.25) is 4.79 Å². The number of carbonyl (C=O) groups is 3. The fraction of sp³-hybridized carbons (Fsp3) is 0.344. The number of ether oxygens (including phenoxy) is 3. The van der Waals surface area contributed by atoms with Gasteiger partial charge in [0.25, 0.3) is 5.91 Å². The van der Waals surface area contributed by atoms with Crippen LogP contribution in [0.25, 0.3) is 11.1 Å². The zero-order valence-corrected chi connectivity index (χ0v) is 23.2. The minimum absolute atomic E-state index is 0.0957. The Morgan fingerprint density at radius 2 is 1.61 bits per heavy atom. The number of fused-ring (bicyclic) bond motifs is 3. The van der Waals surface area contributed by atoms with Crippen LogP contribution in [0.15, 0.2) is 72.8 Å². The van der Waals surface area contributed by atoms with E-state index in [-0.39, 0.29) is 24.9 Å². The number of hydrogen-bond acceptors (Lipinski definition) is 7. The topological polar surface area (TPSA) is 103 Å². The molecular weight excluding hydrogens is 524 g/mol. The molecule has 41 heavy (non-hydrogen) atoms. The van der Waals surface area contributed by atoms with E-state index in [0.29, 0.717) is 12.2 Å². The van der Waals surface area contributed by atoms with Crippen LogP contribution in [0.4, 0.5) is 4.79 Å². The Morgan fingerprint density at radius 1 is 0.951 bits per heavy atom. The Balaban J connectivity index is 1.18. The Morgan fingerprint density at radius 3 is 2.22 bits per heavy atom. The van der Waals surface area contributed by atoms with Gasteiger partial charge in [-0.25, -0.2) is 19.5 Å². The second-order valence-corrected chi connectivity index (χ2v) is 10.2. The number of nitrogens with one attached hydrogen (secondary N) is 1. The van der Waals surface area contributed by atoms with Gasteiger partial charge in [-0.15, -0.1) is 0 Å². The van der Waals surface area contributed by atoms with Crippen molar-refractivity contribution < 1.29 is 33.4 Å². The van der Waals surface area contributed by atoms with Crippen molar-refractivity contribution in [2.24, 2.45) is 0 Å². The van der Waals surface area contributed by atoms with E-state index in [1.54, 1.807) is 31.3 Å². The third-order valence-electron chi connectivity index (χ3n) is 7.46. The number of methoxy groups -OCH3 is 1. The highest BCUT2D eigenvalue weighted by molar-refractivity contribution is 5.93. The highest BCUT2D eigenvalue weighted by Crippen LogP contribution is 2.44. The third kappa shape index (κ3) is 6.58. The first-order valence-corrected chi connectivity index (χ1v) is 13.8. The number of carbonyl (C=O) groups excluding carboxylic acids is 3. The molecule has 0 spiro atoms. The minimum Gasteiger partial charge on any atom is -0.467 e. The van der Waals surface area contributed by atoms with Crippen molar-refractivity contribution in [3.05, 3.63) is 95.1 Å². The molecule has 2 atom stereocenters. The molecule has 2 aliphatic rings. The van der Waals surface area contributed by atoms with Crippen LogP contribution < -0.4 is 5.32 Å². The summed E-state index contributed by atoms with van der Waals surface area (Å²) in [6, 6.07) is 21.9. The van der Waals surface area contributed by atoms with Gasteiger partial charge in [0, 0.05) is 38.0 Å². The molecule has 9 nitrogen and oxygen atoms in total. The van der Waals surface area contributed by atoms with E-state index in [1.807, 2.05) is 36.4 Å². The quantitative estimate of drug-likeness (QED) is 0.296. The Bertz CT molecular complexity index is 1340. The molecule has 1 aliphatic carbocycles. The fourth-order valence-corrected chi connectivity index (χ4v) is 5.34. The average Bonchev–Trinajstić information content (AvgIpc) is 3.33. The lowest BCUT2D eigenvalue weighted by Crippen LogP contribution is -2.43. The molecular formula is C32H34N2O7. The summed E-state index contributed by atoms with van der Waals surface area (Å²) in [6.07, 6.45) is 1.74. The summed E-state index contributed by atoms with van der Waals surface area (Å²) in [5.74, 6) is -1.01. The van der Waals surface area contributed by atoms with E-state index in [1.165, 1.54) is 12.2 Å². The Labute approximate surface area is 239 Å². The maximum absolute atomic E-state index is 12.8. The maximum atomic E-state index is 12.8. The largest absolute Gasteiger partial charge is 0.467 e. The highest BCUT2D eigenvalue weighted by atomic mass is 16.8. The first kappa shape index (κ1) is 28.3. The van der Waals surface area contributed by atoms with Crippen molar-refractivity contribution in [1.82, 2.24) is 10.4 Å². The van der Waals surface area contributed by atoms with Gasteiger partial charge in [-0.05, 0) is 52.8 Å². The maximum Gasteiger partial charge on any atom is 0.407 e. The van der Waals surface area contributed by atoms with Crippen LogP contribution in [0.3, 0.4) is 0 Å². The van der Waals surface area contributed by atoms with Crippen LogP contribution in [0, 0.1) is 0 Å². The number of rotatable bonds is 9. The van der Waals surface area contributed by atoms with Crippen LogP contribution in [-0.4, -0.2) is 62.7 Å². The van der Waals surface area contributed by atoms with Gasteiger partial charge in [0.2, 0.25) is 0 Å². The molecule has 0 bridgehead atoms. The summed E-state index contributed by atoms with van der Waals surface area (Å²) < 4.78 is 16.1. The average molecular weight is 559 g/mol. The molecule has 9 heteroatoms. The number of hydroxylamine groups is 2. The molecule has 0 radical (unpaired) electrons. The number of amides is 2. The fourth-order valence-electron chi connectivity index (χ4n) is 5.34. The van der Waals surface area contributed by atoms with Gasteiger partial charge in [0.1, 0.15) is 12.6 Å². The normalized spacial score (nSPS) is 16.7. The molecule has 1 saturated heterocycles. The minimum atomic E-state index is -0.966. The van der Waals surface area contributed by atoms with Crippen molar-refractivity contribution in [3.63, 3.8) is 0 Å². The van der Waals surface area contributed by atoms with E-state index in [2.05, 4.69) is 17.4 Å². The Hall–Kier alpha value is -4.21. The number of hydrogen-bond donors (Lipinski definition) is 1. The van der Waals surface area contributed by atoms with Gasteiger partial charge in [0.15, 0.2) is 6.29 Å². The van der Waals surface area contributed by atoms with Crippen LogP contribution in [0.2, 0.25) is 0 Å². The third-order valence-corrected chi connectivity index (χ3v) is 7.46. The van der Waals surface area contributed by atoms with Gasteiger partial charge in [-0.1, -0.05) is 60.7 Å². The van der Waals surface area contributed by atoms with E-state index in [9.17, 15) is 14.4 Å². The molecule has 1 heterocycles. The van der Waals surface area contributed by atoms with Crippen LogP contribution in [-0.2, 0) is 30.3 Å². The predicted molar refractivity (Wildman–Crippen MR) is 151 cm³/mol. The van der Waals surface area contributed by atoms with Crippen LogP contribution >= 0.6 is 0 Å². The highest BCUT2D eigenvalue weighted by Gasteiger charge is 2.30. The molecule has 0 aromatic heterocycles. The van der Waals surface area contributed by atoms with Crippen molar-refractivity contribution in [3.8, 4) is 11.1 Å². The molecule has 5 rings (SSSR count). The summed E-state index contributed by atoms with van der Waals surface area (Å²) in [7, 11) is 2.82. The molecule has 2 amide bonds. The standard InChI is InChI=1S/C32H34N2O7/c1-34(41-29-13-7-8-18-39-29)30(35)22-16-14-21(15-17-22)19-28(31(36)38-2)33-32(37)40-20-27-25-11-5-3-9-23(25)24-10-4-6-12-26(24)27/h3-6,9-12,14-17,27-29H,7-8,13,18-20H2,1-2H3,(H,33,37). The zero-order valence-electron chi connectivity index (χ0n) is 23.2. The SMILES string of the molecule is COC(=O)C(Cc1ccc(C(=O)N(C)OC2CCCCO2)cc1)NC(=O)OCC1c2ccccc2-c2ccccc21. The lowest BCUT2D eigenvalue weighted by atomic mass is 9.98. The predicted octanol–water partition coefficient (Wildman–Crippen LogP) is 4.84. The number of benzene rings is 3. The number of alkyl carbamates (subject to hydrolysis) is 1. The molecule has 1 fully saturated rings. The monoisotopic (exact) mass is 558 g/mol. The van der Waals surface area contributed by atoms with E-state index in [4.69, 9.17) is 19.0 Å². The van der Waals surface area contributed by atoms with E-state index < -0.39 is 24.4 Å². The van der Waals surface area contributed by atoms with Crippen molar-refractivity contribution in [1.29, 1.82) is 0 Å². The summed E-state index contributed by atoms with van der Waals surface area (Å²) in [4.78, 5) is 43.7. The van der Waals surface area contributed by atoms with Gasteiger partial charge in [-0.2, -0.15) is 0 Å². The van der Waals surface area contributed by atoms with Gasteiger partial charge >= 0.3 is 12.1 Å². The van der Waals surface area contributed by atoms with Crippen molar-refractivity contribution in [2.75, 3.05) is 27.4 Å². The number of esters is 1. The Kier molecular flexibility index (Phi) is 8.96. The molecule has 1 aliphatic heterocycles. The number of nitrogens with zero attached hydrogens (tertiary/aromatic N) is 1. The lowest BCUT2D eigenvalue weighted by molar-refractivity contribution is -0.258. The molecule has 214 valence electrons. The summed E-state index contributed by atoms with van der Waals surface area (Å²) in [5.41, 5.74) is 5.62. The first-order chi connectivity index (χ1) is 19.9. The summed E-state index contributed by atoms with van der Waals surface area (Å²) >= 11 is 0. The smallest absolute Gasteiger partial charge is 0.407 e. The summed E-state index contributed by atoms with van der Waals surface area (Å²) in [6.45, 7) is 0.749. The molecule has 3 aromatic rings. The van der Waals surface area contributed by atoms with Crippen molar-refractivity contribution >= 4 is 18.0 Å². The zero-order chi connectivity index (χ0) is 28.8.